The Bertz CT molecular complexity index is 716. The first kappa shape index (κ1) is 17.3. The summed E-state index contributed by atoms with van der Waals surface area (Å²) in [6.07, 6.45) is 2.00. The lowest BCUT2D eigenvalue weighted by atomic mass is 10.2. The standard InChI is InChI=1S/C17H22ClN5S/c1-12-13(18)5-4-6-14(12)19-15-11-16(21-17(20-15)24-3)23-9-7-22(2)8-10-23/h4-6,11H,7-10H2,1-3H3,(H,19,20,21). The number of rotatable bonds is 4. The van der Waals surface area contributed by atoms with E-state index in [4.69, 9.17) is 11.6 Å². The molecule has 1 fully saturated rings. The Labute approximate surface area is 152 Å². The lowest BCUT2D eigenvalue weighted by Gasteiger charge is -2.33. The van der Waals surface area contributed by atoms with E-state index in [9.17, 15) is 0 Å². The van der Waals surface area contributed by atoms with Crippen molar-refractivity contribution in [1.82, 2.24) is 14.9 Å². The number of nitrogens with one attached hydrogen (secondary N) is 1. The molecule has 1 aliphatic heterocycles. The number of nitrogens with zero attached hydrogens (tertiary/aromatic N) is 4. The third-order valence-corrected chi connectivity index (χ3v) is 5.19. The van der Waals surface area contributed by atoms with E-state index in [0.717, 1.165) is 59.2 Å². The number of piperazine rings is 1. The van der Waals surface area contributed by atoms with E-state index in [1.165, 1.54) is 0 Å². The summed E-state index contributed by atoms with van der Waals surface area (Å²) in [5, 5.41) is 4.91. The van der Waals surface area contributed by atoms with E-state index in [1.54, 1.807) is 11.8 Å². The van der Waals surface area contributed by atoms with E-state index in [2.05, 4.69) is 32.1 Å². The Morgan fingerprint density at radius 3 is 2.62 bits per heavy atom. The van der Waals surface area contributed by atoms with Crippen molar-refractivity contribution < 1.29 is 0 Å². The Balaban J connectivity index is 1.87. The smallest absolute Gasteiger partial charge is 0.191 e. The van der Waals surface area contributed by atoms with Crippen LogP contribution in [0.15, 0.2) is 29.4 Å². The van der Waals surface area contributed by atoms with Crippen LogP contribution in [0.2, 0.25) is 5.02 Å². The third kappa shape index (κ3) is 3.94. The molecule has 128 valence electrons. The third-order valence-electron chi connectivity index (χ3n) is 4.23. The van der Waals surface area contributed by atoms with Crippen LogP contribution in [0.5, 0.6) is 0 Å². The molecule has 2 heterocycles. The fourth-order valence-electron chi connectivity index (χ4n) is 2.65. The van der Waals surface area contributed by atoms with Crippen molar-refractivity contribution >= 4 is 40.7 Å². The molecule has 0 amide bonds. The first-order chi connectivity index (χ1) is 11.6. The molecule has 0 spiro atoms. The van der Waals surface area contributed by atoms with Gasteiger partial charge in [0.25, 0.3) is 0 Å². The summed E-state index contributed by atoms with van der Waals surface area (Å²) < 4.78 is 0. The first-order valence-electron chi connectivity index (χ1n) is 7.95. The van der Waals surface area contributed by atoms with Crippen molar-refractivity contribution in [1.29, 1.82) is 0 Å². The molecule has 24 heavy (non-hydrogen) atoms. The molecule has 7 heteroatoms. The molecule has 0 bridgehead atoms. The molecule has 0 radical (unpaired) electrons. The highest BCUT2D eigenvalue weighted by Crippen LogP contribution is 2.28. The van der Waals surface area contributed by atoms with Crippen LogP contribution < -0.4 is 10.2 Å². The molecule has 1 aromatic carbocycles. The fourth-order valence-corrected chi connectivity index (χ4v) is 3.20. The van der Waals surface area contributed by atoms with Crippen molar-refractivity contribution in [2.75, 3.05) is 49.7 Å². The Hall–Kier alpha value is -1.50. The average Bonchev–Trinajstić information content (AvgIpc) is 2.59. The predicted octanol–water partition coefficient (Wildman–Crippen LogP) is 3.66. The van der Waals surface area contributed by atoms with Crippen LogP contribution in [-0.2, 0) is 0 Å². The van der Waals surface area contributed by atoms with Gasteiger partial charge in [0, 0.05) is 43.0 Å². The van der Waals surface area contributed by atoms with Crippen molar-refractivity contribution in [2.45, 2.75) is 12.1 Å². The Morgan fingerprint density at radius 2 is 1.92 bits per heavy atom. The van der Waals surface area contributed by atoms with Gasteiger partial charge in [-0.1, -0.05) is 29.4 Å². The molecule has 0 aliphatic carbocycles. The van der Waals surface area contributed by atoms with Gasteiger partial charge < -0.3 is 15.1 Å². The SMILES string of the molecule is CSc1nc(Nc2cccc(Cl)c2C)cc(N2CCN(C)CC2)n1. The minimum atomic E-state index is 0.749. The molecule has 1 N–H and O–H groups in total. The van der Waals surface area contributed by atoms with Gasteiger partial charge in [-0.15, -0.1) is 0 Å². The number of aromatic nitrogens is 2. The number of likely N-dealkylation sites (N-methyl/N-ethyl adjacent to an activating group) is 1. The van der Waals surface area contributed by atoms with Crippen LogP contribution in [0, 0.1) is 6.92 Å². The number of anilines is 3. The molecule has 5 nitrogen and oxygen atoms in total. The second-order valence-electron chi connectivity index (χ2n) is 5.93. The minimum absolute atomic E-state index is 0.749. The highest BCUT2D eigenvalue weighted by Gasteiger charge is 2.17. The summed E-state index contributed by atoms with van der Waals surface area (Å²) in [5.41, 5.74) is 1.99. The van der Waals surface area contributed by atoms with Gasteiger partial charge in [0.15, 0.2) is 5.16 Å². The van der Waals surface area contributed by atoms with E-state index >= 15 is 0 Å². The highest BCUT2D eigenvalue weighted by molar-refractivity contribution is 7.98. The van der Waals surface area contributed by atoms with Gasteiger partial charge in [0.2, 0.25) is 0 Å². The normalized spacial score (nSPS) is 15.6. The first-order valence-corrected chi connectivity index (χ1v) is 9.56. The summed E-state index contributed by atoms with van der Waals surface area (Å²) in [6, 6.07) is 7.86. The molecule has 0 atom stereocenters. The number of hydrogen-bond donors (Lipinski definition) is 1. The quantitative estimate of drug-likeness (QED) is 0.660. The maximum absolute atomic E-state index is 6.22. The highest BCUT2D eigenvalue weighted by atomic mass is 35.5. The van der Waals surface area contributed by atoms with E-state index in [-0.39, 0.29) is 0 Å². The molecule has 0 unspecified atom stereocenters. The number of halogens is 1. The van der Waals surface area contributed by atoms with Gasteiger partial charge in [-0.25, -0.2) is 9.97 Å². The zero-order chi connectivity index (χ0) is 17.1. The summed E-state index contributed by atoms with van der Waals surface area (Å²) in [4.78, 5) is 13.9. The molecule has 0 saturated carbocycles. The second kappa shape index (κ2) is 7.59. The fraction of sp³-hybridized carbons (Fsp3) is 0.412. The zero-order valence-electron chi connectivity index (χ0n) is 14.2. The van der Waals surface area contributed by atoms with Crippen molar-refractivity contribution in [3.63, 3.8) is 0 Å². The monoisotopic (exact) mass is 363 g/mol. The molecular weight excluding hydrogens is 342 g/mol. The topological polar surface area (TPSA) is 44.3 Å². The summed E-state index contributed by atoms with van der Waals surface area (Å²) >= 11 is 7.77. The summed E-state index contributed by atoms with van der Waals surface area (Å²) in [6.45, 7) is 6.07. The van der Waals surface area contributed by atoms with Crippen LogP contribution >= 0.6 is 23.4 Å². The van der Waals surface area contributed by atoms with Gasteiger partial charge in [-0.05, 0) is 37.9 Å². The maximum Gasteiger partial charge on any atom is 0.191 e. The molecule has 1 aliphatic rings. The van der Waals surface area contributed by atoms with Crippen LogP contribution in [0.3, 0.4) is 0 Å². The summed E-state index contributed by atoms with van der Waals surface area (Å²) in [5.74, 6) is 1.78. The average molecular weight is 364 g/mol. The largest absolute Gasteiger partial charge is 0.354 e. The molecule has 3 rings (SSSR count). The van der Waals surface area contributed by atoms with Crippen LogP contribution in [0.1, 0.15) is 5.56 Å². The van der Waals surface area contributed by atoms with Gasteiger partial charge in [0.1, 0.15) is 11.6 Å². The second-order valence-corrected chi connectivity index (χ2v) is 7.11. The lowest BCUT2D eigenvalue weighted by molar-refractivity contribution is 0.312. The van der Waals surface area contributed by atoms with E-state index < -0.39 is 0 Å². The maximum atomic E-state index is 6.22. The molecule has 1 aromatic heterocycles. The zero-order valence-corrected chi connectivity index (χ0v) is 15.8. The number of benzene rings is 1. The van der Waals surface area contributed by atoms with Crippen molar-refractivity contribution in [2.24, 2.45) is 0 Å². The summed E-state index contributed by atoms with van der Waals surface area (Å²) in [7, 11) is 2.15. The van der Waals surface area contributed by atoms with Gasteiger partial charge in [-0.3, -0.25) is 0 Å². The predicted molar refractivity (Wildman–Crippen MR) is 103 cm³/mol. The Kier molecular flexibility index (Phi) is 5.48. The van der Waals surface area contributed by atoms with Gasteiger partial charge in [0.05, 0.1) is 0 Å². The molecule has 2 aromatic rings. The van der Waals surface area contributed by atoms with Crippen molar-refractivity contribution in [3.05, 3.63) is 34.9 Å². The number of thioether (sulfide) groups is 1. The van der Waals surface area contributed by atoms with Crippen LogP contribution in [0.25, 0.3) is 0 Å². The molecule has 1 saturated heterocycles. The van der Waals surface area contributed by atoms with Crippen LogP contribution in [-0.4, -0.2) is 54.4 Å². The van der Waals surface area contributed by atoms with Gasteiger partial charge >= 0.3 is 0 Å². The minimum Gasteiger partial charge on any atom is -0.354 e. The van der Waals surface area contributed by atoms with Gasteiger partial charge in [-0.2, -0.15) is 0 Å². The Morgan fingerprint density at radius 1 is 1.17 bits per heavy atom. The van der Waals surface area contributed by atoms with Crippen LogP contribution in [0.4, 0.5) is 17.3 Å². The van der Waals surface area contributed by atoms with E-state index in [1.807, 2.05) is 37.4 Å². The lowest BCUT2D eigenvalue weighted by Crippen LogP contribution is -2.44. The van der Waals surface area contributed by atoms with E-state index in [0.29, 0.717) is 0 Å². The molecular formula is C17H22ClN5S. The number of hydrogen-bond acceptors (Lipinski definition) is 6. The van der Waals surface area contributed by atoms with Crippen molar-refractivity contribution in [3.8, 4) is 0 Å².